The molecular weight excluding hydrogens is 260 g/mol. The summed E-state index contributed by atoms with van der Waals surface area (Å²) < 4.78 is 7.21. The molecular formula is C13H10N4O3. The highest BCUT2D eigenvalue weighted by molar-refractivity contribution is 5.98. The Bertz CT molecular complexity index is 783. The molecule has 0 bridgehead atoms. The number of carboxylic acid groups (broad SMARTS) is 1. The summed E-state index contributed by atoms with van der Waals surface area (Å²) in [7, 11) is 1.73. The molecule has 0 fully saturated rings. The van der Waals surface area contributed by atoms with Crippen molar-refractivity contribution >= 4 is 17.0 Å². The van der Waals surface area contributed by atoms with Gasteiger partial charge in [0.2, 0.25) is 0 Å². The molecule has 0 amide bonds. The van der Waals surface area contributed by atoms with Gasteiger partial charge in [-0.1, -0.05) is 0 Å². The first-order valence-electron chi connectivity index (χ1n) is 5.78. The first-order valence-corrected chi connectivity index (χ1v) is 5.78. The molecule has 3 aromatic heterocycles. The van der Waals surface area contributed by atoms with Crippen LogP contribution in [-0.4, -0.2) is 30.8 Å². The van der Waals surface area contributed by atoms with E-state index in [1.807, 2.05) is 0 Å². The van der Waals surface area contributed by atoms with Crippen LogP contribution >= 0.6 is 0 Å². The van der Waals surface area contributed by atoms with Crippen LogP contribution in [0.1, 0.15) is 10.4 Å². The second-order valence-electron chi connectivity index (χ2n) is 4.10. The normalized spacial score (nSPS) is 10.7. The van der Waals surface area contributed by atoms with Gasteiger partial charge in [0.1, 0.15) is 11.3 Å². The monoisotopic (exact) mass is 270 g/mol. The van der Waals surface area contributed by atoms with Gasteiger partial charge in [-0.3, -0.25) is 9.67 Å². The van der Waals surface area contributed by atoms with E-state index in [0.29, 0.717) is 16.8 Å². The lowest BCUT2D eigenvalue weighted by atomic mass is 10.2. The summed E-state index contributed by atoms with van der Waals surface area (Å²) in [5.41, 5.74) is 0.531. The first kappa shape index (κ1) is 12.1. The standard InChI is InChI=1S/C13H10N4O3/c1-17-12-9(7-16-17)11(10(6-15-12)13(18)19)20-8-3-2-4-14-5-8/h2-7H,1H3,(H,18,19). The number of hydrogen-bond donors (Lipinski definition) is 1. The van der Waals surface area contributed by atoms with Gasteiger partial charge in [-0.2, -0.15) is 5.10 Å². The minimum Gasteiger partial charge on any atom is -0.477 e. The number of fused-ring (bicyclic) bond motifs is 1. The van der Waals surface area contributed by atoms with Crippen LogP contribution in [0.4, 0.5) is 0 Å². The van der Waals surface area contributed by atoms with Gasteiger partial charge in [-0.25, -0.2) is 9.78 Å². The van der Waals surface area contributed by atoms with E-state index in [0.717, 1.165) is 0 Å². The Hall–Kier alpha value is -2.96. The Morgan fingerprint density at radius 3 is 2.90 bits per heavy atom. The van der Waals surface area contributed by atoms with E-state index in [-0.39, 0.29) is 11.3 Å². The Kier molecular flexibility index (Phi) is 2.79. The third-order valence-corrected chi connectivity index (χ3v) is 2.80. The Labute approximate surface area is 113 Å². The summed E-state index contributed by atoms with van der Waals surface area (Å²) in [6.07, 6.45) is 5.91. The zero-order valence-electron chi connectivity index (χ0n) is 10.5. The van der Waals surface area contributed by atoms with Gasteiger partial charge in [-0.05, 0) is 12.1 Å². The molecule has 0 unspecified atom stereocenters. The van der Waals surface area contributed by atoms with E-state index in [1.165, 1.54) is 18.6 Å². The minimum absolute atomic E-state index is 0.0191. The van der Waals surface area contributed by atoms with Crippen molar-refractivity contribution in [2.24, 2.45) is 7.05 Å². The van der Waals surface area contributed by atoms with E-state index in [9.17, 15) is 9.90 Å². The molecule has 0 atom stereocenters. The molecule has 3 aromatic rings. The molecule has 0 saturated heterocycles. The highest BCUT2D eigenvalue weighted by atomic mass is 16.5. The molecule has 0 saturated carbocycles. The summed E-state index contributed by atoms with van der Waals surface area (Å²) in [5.74, 6) is -0.447. The third-order valence-electron chi connectivity index (χ3n) is 2.80. The average molecular weight is 270 g/mol. The number of hydrogen-bond acceptors (Lipinski definition) is 5. The number of ether oxygens (including phenoxy) is 1. The molecule has 0 aromatic carbocycles. The molecule has 0 spiro atoms. The summed E-state index contributed by atoms with van der Waals surface area (Å²) in [5, 5.41) is 13.8. The van der Waals surface area contributed by atoms with Gasteiger partial charge in [0.05, 0.1) is 17.8 Å². The van der Waals surface area contributed by atoms with Crippen molar-refractivity contribution in [1.82, 2.24) is 19.7 Å². The number of aryl methyl sites for hydroxylation is 1. The number of aromatic nitrogens is 4. The maximum Gasteiger partial charge on any atom is 0.341 e. The second kappa shape index (κ2) is 4.61. The van der Waals surface area contributed by atoms with Crippen LogP contribution in [0.3, 0.4) is 0 Å². The largest absolute Gasteiger partial charge is 0.477 e. The number of nitrogens with zero attached hydrogens (tertiary/aromatic N) is 4. The Morgan fingerprint density at radius 1 is 1.35 bits per heavy atom. The first-order chi connectivity index (χ1) is 9.66. The zero-order chi connectivity index (χ0) is 14.1. The predicted octanol–water partition coefficient (Wildman–Crippen LogP) is 1.85. The smallest absolute Gasteiger partial charge is 0.341 e. The van der Waals surface area contributed by atoms with Crippen molar-refractivity contribution in [2.75, 3.05) is 0 Å². The van der Waals surface area contributed by atoms with Crippen LogP contribution in [0.5, 0.6) is 11.5 Å². The molecule has 0 aliphatic heterocycles. The van der Waals surface area contributed by atoms with E-state index in [2.05, 4.69) is 15.1 Å². The number of rotatable bonds is 3. The van der Waals surface area contributed by atoms with Crippen LogP contribution in [0.15, 0.2) is 36.9 Å². The van der Waals surface area contributed by atoms with Gasteiger partial charge in [-0.15, -0.1) is 0 Å². The van der Waals surface area contributed by atoms with Crippen LogP contribution in [0.2, 0.25) is 0 Å². The van der Waals surface area contributed by atoms with Crippen molar-refractivity contribution in [2.45, 2.75) is 0 Å². The van der Waals surface area contributed by atoms with Crippen molar-refractivity contribution in [1.29, 1.82) is 0 Å². The fraction of sp³-hybridized carbons (Fsp3) is 0.0769. The van der Waals surface area contributed by atoms with E-state index >= 15 is 0 Å². The Morgan fingerprint density at radius 2 is 2.20 bits per heavy atom. The summed E-state index contributed by atoms with van der Waals surface area (Å²) in [6, 6.07) is 3.40. The van der Waals surface area contributed by atoms with Crippen molar-refractivity contribution < 1.29 is 14.6 Å². The van der Waals surface area contributed by atoms with Crippen LogP contribution in [-0.2, 0) is 7.05 Å². The quantitative estimate of drug-likeness (QED) is 0.781. The number of aromatic carboxylic acids is 1. The summed E-state index contributed by atoms with van der Waals surface area (Å²) in [6.45, 7) is 0. The number of carboxylic acids is 1. The van der Waals surface area contributed by atoms with Crippen LogP contribution in [0, 0.1) is 0 Å². The van der Waals surface area contributed by atoms with E-state index < -0.39 is 5.97 Å². The maximum atomic E-state index is 11.3. The molecule has 0 radical (unpaired) electrons. The molecule has 100 valence electrons. The lowest BCUT2D eigenvalue weighted by molar-refractivity contribution is 0.0694. The number of carbonyl (C=O) groups is 1. The second-order valence-corrected chi connectivity index (χ2v) is 4.10. The Balaban J connectivity index is 2.20. The molecule has 3 rings (SSSR count). The summed E-state index contributed by atoms with van der Waals surface area (Å²) >= 11 is 0. The highest BCUT2D eigenvalue weighted by Gasteiger charge is 2.19. The van der Waals surface area contributed by atoms with Gasteiger partial charge >= 0.3 is 5.97 Å². The number of pyridine rings is 2. The fourth-order valence-corrected chi connectivity index (χ4v) is 1.86. The van der Waals surface area contributed by atoms with E-state index in [4.69, 9.17) is 4.74 Å². The molecule has 7 nitrogen and oxygen atoms in total. The lowest BCUT2D eigenvalue weighted by Gasteiger charge is -2.09. The molecule has 20 heavy (non-hydrogen) atoms. The summed E-state index contributed by atoms with van der Waals surface area (Å²) in [4.78, 5) is 19.3. The molecule has 1 N–H and O–H groups in total. The van der Waals surface area contributed by atoms with Crippen molar-refractivity contribution in [3.8, 4) is 11.5 Å². The molecule has 0 aliphatic rings. The average Bonchev–Trinajstić information content (AvgIpc) is 2.82. The SMILES string of the molecule is Cn1ncc2c(Oc3cccnc3)c(C(=O)O)cnc21. The van der Waals surface area contributed by atoms with Crippen LogP contribution in [0.25, 0.3) is 11.0 Å². The van der Waals surface area contributed by atoms with Crippen LogP contribution < -0.4 is 4.74 Å². The predicted molar refractivity (Wildman–Crippen MR) is 69.8 cm³/mol. The van der Waals surface area contributed by atoms with Crippen molar-refractivity contribution in [3.63, 3.8) is 0 Å². The molecule has 3 heterocycles. The van der Waals surface area contributed by atoms with Gasteiger partial charge in [0, 0.05) is 19.4 Å². The fourth-order valence-electron chi connectivity index (χ4n) is 1.86. The zero-order valence-corrected chi connectivity index (χ0v) is 10.5. The lowest BCUT2D eigenvalue weighted by Crippen LogP contribution is -2.02. The minimum atomic E-state index is -1.11. The highest BCUT2D eigenvalue weighted by Crippen LogP contribution is 2.31. The van der Waals surface area contributed by atoms with E-state index in [1.54, 1.807) is 30.1 Å². The van der Waals surface area contributed by atoms with Gasteiger partial charge in [0.25, 0.3) is 0 Å². The van der Waals surface area contributed by atoms with Gasteiger partial charge in [0.15, 0.2) is 11.4 Å². The van der Waals surface area contributed by atoms with Gasteiger partial charge < -0.3 is 9.84 Å². The maximum absolute atomic E-state index is 11.3. The molecule has 7 heteroatoms. The van der Waals surface area contributed by atoms with Crippen molar-refractivity contribution in [3.05, 3.63) is 42.5 Å². The topological polar surface area (TPSA) is 90.1 Å². The molecule has 0 aliphatic carbocycles. The third kappa shape index (κ3) is 1.95.